The molecule has 2 heterocycles. The summed E-state index contributed by atoms with van der Waals surface area (Å²) in [6.45, 7) is 3.60. The Balaban J connectivity index is 1.66. The van der Waals surface area contributed by atoms with E-state index < -0.39 is 0 Å². The molecule has 1 atom stereocenters. The van der Waals surface area contributed by atoms with Crippen molar-refractivity contribution in [2.45, 2.75) is 13.0 Å². The van der Waals surface area contributed by atoms with Crippen LogP contribution >= 0.6 is 0 Å². The van der Waals surface area contributed by atoms with Crippen LogP contribution in [0.15, 0.2) is 34.9 Å². The van der Waals surface area contributed by atoms with Gasteiger partial charge in [-0.15, -0.1) is 0 Å². The highest BCUT2D eigenvalue weighted by Gasteiger charge is 2.22. The molecule has 0 amide bonds. The lowest BCUT2D eigenvalue weighted by Crippen LogP contribution is -2.22. The Kier molecular flexibility index (Phi) is 3.80. The van der Waals surface area contributed by atoms with Crippen molar-refractivity contribution in [2.75, 3.05) is 19.6 Å². The van der Waals surface area contributed by atoms with E-state index in [0.29, 0.717) is 11.8 Å². The maximum absolute atomic E-state index is 12.9. The topological polar surface area (TPSA) is 55.3 Å². The van der Waals surface area contributed by atoms with E-state index in [2.05, 4.69) is 9.88 Å². The zero-order valence-electron chi connectivity index (χ0n) is 11.3. The van der Waals surface area contributed by atoms with Crippen LogP contribution < -0.4 is 5.73 Å². The first-order chi connectivity index (χ1) is 9.74. The fraction of sp³-hybridized carbons (Fsp3) is 0.400. The molecule has 0 aliphatic carbocycles. The molecule has 20 heavy (non-hydrogen) atoms. The first-order valence-corrected chi connectivity index (χ1v) is 6.87. The Morgan fingerprint density at radius 3 is 2.85 bits per heavy atom. The fourth-order valence-electron chi connectivity index (χ4n) is 2.58. The van der Waals surface area contributed by atoms with E-state index in [0.717, 1.165) is 43.9 Å². The summed E-state index contributed by atoms with van der Waals surface area (Å²) in [5, 5.41) is 0. The fourth-order valence-corrected chi connectivity index (χ4v) is 2.58. The summed E-state index contributed by atoms with van der Waals surface area (Å²) < 4.78 is 18.3. The molecule has 106 valence electrons. The molecule has 1 saturated heterocycles. The molecule has 0 radical (unpaired) electrons. The quantitative estimate of drug-likeness (QED) is 0.930. The highest BCUT2D eigenvalue weighted by Crippen LogP contribution is 2.21. The van der Waals surface area contributed by atoms with Crippen LogP contribution in [0.1, 0.15) is 12.1 Å². The van der Waals surface area contributed by atoms with Crippen molar-refractivity contribution < 1.29 is 8.81 Å². The van der Waals surface area contributed by atoms with Crippen LogP contribution in [-0.4, -0.2) is 29.5 Å². The standard InChI is InChI=1S/C15H18FN3O/c16-13-3-1-12(2-4-13)15-18-14(10-20-15)9-19-6-5-11(7-17)8-19/h1-4,10-11H,5-9,17H2. The second-order valence-corrected chi connectivity index (χ2v) is 5.28. The van der Waals surface area contributed by atoms with Crippen molar-refractivity contribution in [2.24, 2.45) is 11.7 Å². The van der Waals surface area contributed by atoms with Crippen LogP contribution in [0.2, 0.25) is 0 Å². The lowest BCUT2D eigenvalue weighted by molar-refractivity contribution is 0.313. The van der Waals surface area contributed by atoms with E-state index in [1.54, 1.807) is 18.4 Å². The third-order valence-electron chi connectivity index (χ3n) is 3.73. The van der Waals surface area contributed by atoms with Crippen molar-refractivity contribution in [1.29, 1.82) is 0 Å². The molecule has 2 N–H and O–H groups in total. The minimum absolute atomic E-state index is 0.259. The molecule has 5 heteroatoms. The highest BCUT2D eigenvalue weighted by atomic mass is 19.1. The second-order valence-electron chi connectivity index (χ2n) is 5.28. The summed E-state index contributed by atoms with van der Waals surface area (Å²) in [5.41, 5.74) is 7.39. The Morgan fingerprint density at radius 2 is 2.15 bits per heavy atom. The number of hydrogen-bond acceptors (Lipinski definition) is 4. The number of oxazole rings is 1. The van der Waals surface area contributed by atoms with E-state index in [-0.39, 0.29) is 5.82 Å². The number of hydrogen-bond donors (Lipinski definition) is 1. The average molecular weight is 275 g/mol. The number of aromatic nitrogens is 1. The van der Waals surface area contributed by atoms with Gasteiger partial charge in [0, 0.05) is 18.7 Å². The van der Waals surface area contributed by atoms with Gasteiger partial charge in [0.05, 0.1) is 5.69 Å². The molecule has 0 bridgehead atoms. The number of nitrogens with zero attached hydrogens (tertiary/aromatic N) is 2. The molecule has 1 aliphatic heterocycles. The van der Waals surface area contributed by atoms with Gasteiger partial charge in [-0.3, -0.25) is 4.90 Å². The minimum Gasteiger partial charge on any atom is -0.444 e. The molecule has 1 aromatic carbocycles. The van der Waals surface area contributed by atoms with Gasteiger partial charge in [-0.2, -0.15) is 0 Å². The lowest BCUT2D eigenvalue weighted by Gasteiger charge is -2.13. The lowest BCUT2D eigenvalue weighted by atomic mass is 10.1. The largest absolute Gasteiger partial charge is 0.444 e. The minimum atomic E-state index is -0.259. The van der Waals surface area contributed by atoms with E-state index in [9.17, 15) is 4.39 Å². The number of likely N-dealkylation sites (tertiary alicyclic amines) is 1. The average Bonchev–Trinajstić information content (AvgIpc) is 3.09. The monoisotopic (exact) mass is 275 g/mol. The summed E-state index contributed by atoms with van der Waals surface area (Å²) in [6.07, 6.45) is 2.83. The molecule has 3 rings (SSSR count). The normalized spacial score (nSPS) is 19.6. The van der Waals surface area contributed by atoms with Gasteiger partial charge in [0.25, 0.3) is 0 Å². The third-order valence-corrected chi connectivity index (χ3v) is 3.73. The van der Waals surface area contributed by atoms with Gasteiger partial charge in [-0.25, -0.2) is 9.37 Å². The van der Waals surface area contributed by atoms with Crippen molar-refractivity contribution in [3.63, 3.8) is 0 Å². The van der Waals surface area contributed by atoms with Gasteiger partial charge in [-0.05, 0) is 49.7 Å². The van der Waals surface area contributed by atoms with Gasteiger partial charge in [-0.1, -0.05) is 0 Å². The molecular weight excluding hydrogens is 257 g/mol. The van der Waals surface area contributed by atoms with Crippen LogP contribution in [0.4, 0.5) is 4.39 Å². The van der Waals surface area contributed by atoms with E-state index in [4.69, 9.17) is 10.2 Å². The van der Waals surface area contributed by atoms with Crippen LogP contribution in [0.5, 0.6) is 0 Å². The van der Waals surface area contributed by atoms with Gasteiger partial charge in [0.1, 0.15) is 12.1 Å². The van der Waals surface area contributed by atoms with Crippen molar-refractivity contribution >= 4 is 0 Å². The second kappa shape index (κ2) is 5.73. The molecule has 1 aliphatic rings. The maximum atomic E-state index is 12.9. The zero-order chi connectivity index (χ0) is 13.9. The Bertz CT molecular complexity index is 567. The van der Waals surface area contributed by atoms with Crippen LogP contribution in [-0.2, 0) is 6.54 Å². The van der Waals surface area contributed by atoms with Crippen molar-refractivity contribution in [3.05, 3.63) is 42.0 Å². The molecule has 1 fully saturated rings. The summed E-state index contributed by atoms with van der Waals surface area (Å²) in [6, 6.07) is 6.16. The van der Waals surface area contributed by atoms with Crippen molar-refractivity contribution in [1.82, 2.24) is 9.88 Å². The van der Waals surface area contributed by atoms with Gasteiger partial charge >= 0.3 is 0 Å². The third kappa shape index (κ3) is 2.89. The predicted octanol–water partition coefficient (Wildman–Crippen LogP) is 2.26. The number of halogens is 1. The van der Waals surface area contributed by atoms with Crippen LogP contribution in [0.25, 0.3) is 11.5 Å². The van der Waals surface area contributed by atoms with Crippen molar-refractivity contribution in [3.8, 4) is 11.5 Å². The maximum Gasteiger partial charge on any atom is 0.226 e. The summed E-state index contributed by atoms with van der Waals surface area (Å²) in [7, 11) is 0. The van der Waals surface area contributed by atoms with Gasteiger partial charge < -0.3 is 10.2 Å². The van der Waals surface area contributed by atoms with Gasteiger partial charge in [0.2, 0.25) is 5.89 Å². The molecule has 2 aromatic rings. The summed E-state index contributed by atoms with van der Waals surface area (Å²) in [5.74, 6) is 0.874. The first kappa shape index (κ1) is 13.3. The molecule has 4 nitrogen and oxygen atoms in total. The summed E-state index contributed by atoms with van der Waals surface area (Å²) >= 11 is 0. The van der Waals surface area contributed by atoms with E-state index in [1.165, 1.54) is 12.1 Å². The van der Waals surface area contributed by atoms with Crippen LogP contribution in [0, 0.1) is 11.7 Å². The Morgan fingerprint density at radius 1 is 1.35 bits per heavy atom. The molecule has 0 saturated carbocycles. The van der Waals surface area contributed by atoms with E-state index in [1.807, 2.05) is 0 Å². The molecule has 1 unspecified atom stereocenters. The highest BCUT2D eigenvalue weighted by molar-refractivity contribution is 5.52. The smallest absolute Gasteiger partial charge is 0.226 e. The zero-order valence-corrected chi connectivity index (χ0v) is 11.3. The first-order valence-electron chi connectivity index (χ1n) is 6.87. The SMILES string of the molecule is NCC1CCN(Cc2coc(-c3ccc(F)cc3)n2)C1. The Hall–Kier alpha value is -1.72. The van der Waals surface area contributed by atoms with Gasteiger partial charge in [0.15, 0.2) is 0 Å². The number of nitrogens with two attached hydrogens (primary N) is 1. The van der Waals surface area contributed by atoms with E-state index >= 15 is 0 Å². The summed E-state index contributed by atoms with van der Waals surface area (Å²) in [4.78, 5) is 6.80. The Labute approximate surface area is 117 Å². The molecule has 0 spiro atoms. The predicted molar refractivity (Wildman–Crippen MR) is 74.3 cm³/mol. The molecular formula is C15H18FN3O. The molecule has 1 aromatic heterocycles. The number of benzene rings is 1. The van der Waals surface area contributed by atoms with Crippen LogP contribution in [0.3, 0.4) is 0 Å². The number of rotatable bonds is 4.